The van der Waals surface area contributed by atoms with Crippen molar-refractivity contribution in [2.75, 3.05) is 0 Å². The number of fused-ring (bicyclic) bond motifs is 8. The molecule has 0 unspecified atom stereocenters. The summed E-state index contributed by atoms with van der Waals surface area (Å²) < 4.78 is 0. The average molecular weight is 732 g/mol. The van der Waals surface area contributed by atoms with Gasteiger partial charge in [0.2, 0.25) is 0 Å². The molecule has 0 heterocycles. The first-order valence-electron chi connectivity index (χ1n) is 13.4. The minimum absolute atomic E-state index is 0. The first-order chi connectivity index (χ1) is 19.7. The molecule has 6 rings (SSSR count). The zero-order valence-electron chi connectivity index (χ0n) is 23.1. The third-order valence-corrected chi connectivity index (χ3v) is 7.47. The fourth-order valence-electron chi connectivity index (χ4n) is 5.17. The molecule has 8 bridgehead atoms. The minimum atomic E-state index is -0.0689. The van der Waals surface area contributed by atoms with Crippen LogP contribution in [0.3, 0.4) is 0 Å². The van der Waals surface area contributed by atoms with Crippen LogP contribution in [0.2, 0.25) is 0 Å². The van der Waals surface area contributed by atoms with Gasteiger partial charge in [-0.05, 0) is 69.1 Å². The Hall–Kier alpha value is -4.41. The molecule has 0 saturated heterocycles. The Labute approximate surface area is 259 Å². The number of phenolic OH excluding ortho intramolecular Hbond substituents is 6. The molecule has 0 fully saturated rings. The third kappa shape index (κ3) is 6.56. The Morgan fingerprint density at radius 3 is 0.857 bits per heavy atom. The summed E-state index contributed by atoms with van der Waals surface area (Å²) >= 11 is 0. The molecule has 7 heteroatoms. The Balaban J connectivity index is 0.000000349. The first kappa shape index (κ1) is 30.5. The van der Waals surface area contributed by atoms with E-state index in [0.29, 0.717) is 70.2 Å². The van der Waals surface area contributed by atoms with Crippen molar-refractivity contribution in [1.82, 2.24) is 0 Å². The number of benzene rings is 5. The van der Waals surface area contributed by atoms with Crippen molar-refractivity contribution < 1.29 is 51.7 Å². The maximum Gasteiger partial charge on any atom is 0.157 e. The Morgan fingerprint density at radius 1 is 0.381 bits per heavy atom. The molecule has 5 aromatic rings. The van der Waals surface area contributed by atoms with Gasteiger partial charge in [-0.15, -0.1) is 0 Å². The number of hydrogen-bond acceptors (Lipinski definition) is 6. The number of hydrogen-bond donors (Lipinski definition) is 6. The molecule has 5 aromatic carbocycles. The van der Waals surface area contributed by atoms with Gasteiger partial charge in [-0.3, -0.25) is 0 Å². The van der Waals surface area contributed by atoms with E-state index in [2.05, 4.69) is 0 Å². The summed E-state index contributed by atoms with van der Waals surface area (Å²) in [6, 6.07) is 27.0. The molecule has 0 aromatic heterocycles. The van der Waals surface area contributed by atoms with Crippen LogP contribution >= 0.6 is 0 Å². The topological polar surface area (TPSA) is 121 Å². The molecule has 6 nitrogen and oxygen atoms in total. The van der Waals surface area contributed by atoms with Crippen molar-refractivity contribution in [2.24, 2.45) is 0 Å². The van der Waals surface area contributed by atoms with Gasteiger partial charge >= 0.3 is 0 Å². The molecule has 214 valence electrons. The van der Waals surface area contributed by atoms with E-state index in [1.165, 1.54) is 12.1 Å². The van der Waals surface area contributed by atoms with Crippen LogP contribution in [0.4, 0.5) is 0 Å². The molecule has 0 spiro atoms. The van der Waals surface area contributed by atoms with Crippen LogP contribution < -0.4 is 0 Å². The van der Waals surface area contributed by atoms with Crippen molar-refractivity contribution in [2.45, 2.75) is 32.6 Å². The third-order valence-electron chi connectivity index (χ3n) is 7.47. The summed E-state index contributed by atoms with van der Waals surface area (Å²) in [4.78, 5) is 0. The van der Waals surface area contributed by atoms with Gasteiger partial charge in [-0.1, -0.05) is 78.9 Å². The average Bonchev–Trinajstić information content (AvgIpc) is 2.95. The SMILES string of the molecule is Cc1ccc(O)c(O)c1.Oc1c2cccc1Cc1cccc(c1O)Cc1cccc(c1O)Cc1cccc(c1O)C2.[W]. The Bertz CT molecular complexity index is 1440. The van der Waals surface area contributed by atoms with Gasteiger partial charge in [0, 0.05) is 46.7 Å². The fraction of sp³-hybridized carbons (Fsp3) is 0.143. The van der Waals surface area contributed by atoms with Crippen LogP contribution in [0.1, 0.15) is 50.1 Å². The summed E-state index contributed by atoms with van der Waals surface area (Å²) in [5, 5.41) is 61.4. The zero-order valence-corrected chi connectivity index (χ0v) is 26.0. The van der Waals surface area contributed by atoms with Gasteiger partial charge in [0.15, 0.2) is 11.5 Å². The van der Waals surface area contributed by atoms with Crippen molar-refractivity contribution in [3.8, 4) is 34.5 Å². The number of rotatable bonds is 0. The van der Waals surface area contributed by atoms with E-state index in [9.17, 15) is 20.4 Å². The van der Waals surface area contributed by atoms with Crippen LogP contribution in [0.25, 0.3) is 0 Å². The second-order valence-electron chi connectivity index (χ2n) is 10.4. The van der Waals surface area contributed by atoms with Gasteiger partial charge in [-0.2, -0.15) is 0 Å². The molecular formula is C35H32O6W. The smallest absolute Gasteiger partial charge is 0.157 e. The maximum absolute atomic E-state index is 10.9. The largest absolute Gasteiger partial charge is 0.507 e. The summed E-state index contributed by atoms with van der Waals surface area (Å²) in [7, 11) is 0. The molecule has 42 heavy (non-hydrogen) atoms. The normalized spacial score (nSPS) is 11.9. The molecule has 0 amide bonds. The van der Waals surface area contributed by atoms with E-state index in [1.54, 1.807) is 6.07 Å². The van der Waals surface area contributed by atoms with Gasteiger partial charge in [0.1, 0.15) is 23.0 Å². The Kier molecular flexibility index (Phi) is 9.49. The van der Waals surface area contributed by atoms with Gasteiger partial charge < -0.3 is 30.6 Å². The summed E-state index contributed by atoms with van der Waals surface area (Å²) in [6.45, 7) is 1.85. The molecule has 6 N–H and O–H groups in total. The maximum atomic E-state index is 10.9. The monoisotopic (exact) mass is 732 g/mol. The van der Waals surface area contributed by atoms with Crippen LogP contribution in [-0.2, 0) is 46.7 Å². The molecular weight excluding hydrogens is 700 g/mol. The molecule has 0 aliphatic heterocycles. The van der Waals surface area contributed by atoms with Crippen molar-refractivity contribution in [3.63, 3.8) is 0 Å². The fourth-order valence-corrected chi connectivity index (χ4v) is 5.17. The molecule has 0 radical (unpaired) electrons. The first-order valence-corrected chi connectivity index (χ1v) is 13.4. The standard InChI is InChI=1S/C28H24O4.C7H8O2.W/c29-25-17-5-1-6-18(25)14-20-8-3-10-22(27(20)31)16-24-12-4-11-23(28(24)32)15-21-9-2-7-19(13-17)26(21)30;1-5-2-3-6(8)7(9)4-5;/h1-12,29-32H,13-16H2;2-4,8-9H,1H3;. The van der Waals surface area contributed by atoms with Crippen molar-refractivity contribution >= 4 is 0 Å². The van der Waals surface area contributed by atoms with E-state index in [4.69, 9.17) is 10.2 Å². The predicted octanol–water partition coefficient (Wildman–Crippen LogP) is 6.59. The minimum Gasteiger partial charge on any atom is -0.507 e. The van der Waals surface area contributed by atoms with Gasteiger partial charge in [-0.25, -0.2) is 0 Å². The van der Waals surface area contributed by atoms with E-state index >= 15 is 0 Å². The van der Waals surface area contributed by atoms with E-state index in [1.807, 2.05) is 79.7 Å². The number of aryl methyl sites for hydroxylation is 1. The zero-order chi connectivity index (χ0) is 29.1. The van der Waals surface area contributed by atoms with Gasteiger partial charge in [0.05, 0.1) is 0 Å². The van der Waals surface area contributed by atoms with Crippen LogP contribution in [0.15, 0.2) is 91.0 Å². The quantitative estimate of drug-likeness (QED) is 0.0982. The summed E-state index contributed by atoms with van der Waals surface area (Å²) in [5.41, 5.74) is 6.62. The van der Waals surface area contributed by atoms with Crippen LogP contribution in [0.5, 0.6) is 34.5 Å². The molecule has 0 saturated carbocycles. The summed E-state index contributed by atoms with van der Waals surface area (Å²) in [6.07, 6.45) is 1.49. The second kappa shape index (κ2) is 13.1. The van der Waals surface area contributed by atoms with Crippen LogP contribution in [-0.4, -0.2) is 30.6 Å². The van der Waals surface area contributed by atoms with Crippen molar-refractivity contribution in [3.05, 3.63) is 141 Å². The van der Waals surface area contributed by atoms with E-state index < -0.39 is 0 Å². The second-order valence-corrected chi connectivity index (χ2v) is 10.4. The Morgan fingerprint density at radius 2 is 0.643 bits per heavy atom. The van der Waals surface area contributed by atoms with Crippen molar-refractivity contribution in [1.29, 1.82) is 0 Å². The number of aromatic hydroxyl groups is 6. The molecule has 1 aliphatic carbocycles. The number of phenols is 6. The predicted molar refractivity (Wildman–Crippen MR) is 158 cm³/mol. The summed E-state index contributed by atoms with van der Waals surface area (Å²) in [5.74, 6) is 0.582. The number of para-hydroxylation sites is 4. The molecule has 0 atom stereocenters. The van der Waals surface area contributed by atoms with E-state index in [-0.39, 0.29) is 55.6 Å². The van der Waals surface area contributed by atoms with Crippen LogP contribution in [0, 0.1) is 6.92 Å². The van der Waals surface area contributed by atoms with E-state index in [0.717, 1.165) is 5.56 Å². The molecule has 1 aliphatic rings. The van der Waals surface area contributed by atoms with Gasteiger partial charge in [0.25, 0.3) is 0 Å².